The van der Waals surface area contributed by atoms with Gasteiger partial charge in [-0.05, 0) is 29.8 Å². The van der Waals surface area contributed by atoms with Crippen LogP contribution in [0.15, 0.2) is 53.3 Å². The van der Waals surface area contributed by atoms with Crippen LogP contribution in [0.2, 0.25) is 0 Å². The molecular formula is C14H12N2O2. The van der Waals surface area contributed by atoms with E-state index in [4.69, 9.17) is 14.9 Å². The lowest BCUT2D eigenvalue weighted by Gasteiger charge is -2.06. The maximum atomic E-state index is 5.77. The molecule has 0 amide bonds. The number of aromatic nitrogens is 1. The summed E-state index contributed by atoms with van der Waals surface area (Å²) in [6.45, 7) is 0.487. The Morgan fingerprint density at radius 3 is 3.06 bits per heavy atom. The molecule has 3 aromatic rings. The minimum Gasteiger partial charge on any atom is -0.464 e. The second-order valence-electron chi connectivity index (χ2n) is 3.90. The van der Waals surface area contributed by atoms with E-state index in [1.807, 2.05) is 30.3 Å². The highest BCUT2D eigenvalue weighted by atomic mass is 16.5. The Morgan fingerprint density at radius 1 is 1.22 bits per heavy atom. The van der Waals surface area contributed by atoms with Crippen molar-refractivity contribution in [2.45, 2.75) is 6.54 Å². The third-order valence-electron chi connectivity index (χ3n) is 2.69. The third kappa shape index (κ3) is 1.94. The van der Waals surface area contributed by atoms with E-state index in [2.05, 4.69) is 4.98 Å². The summed E-state index contributed by atoms with van der Waals surface area (Å²) in [6.07, 6.45) is 3.28. The number of fused-ring (bicyclic) bond motifs is 1. The van der Waals surface area contributed by atoms with Gasteiger partial charge in [-0.1, -0.05) is 12.1 Å². The first kappa shape index (κ1) is 10.8. The summed E-state index contributed by atoms with van der Waals surface area (Å²) in [5.41, 5.74) is 7.38. The highest BCUT2D eigenvalue weighted by Gasteiger charge is 2.07. The Kier molecular flexibility index (Phi) is 2.70. The van der Waals surface area contributed by atoms with Gasteiger partial charge in [-0.2, -0.15) is 0 Å². The number of nitrogens with two attached hydrogens (primary N) is 1. The predicted octanol–water partition coefficient (Wildman–Crippen LogP) is 3.08. The Bertz CT molecular complexity index is 676. The highest BCUT2D eigenvalue weighted by Crippen LogP contribution is 2.28. The van der Waals surface area contributed by atoms with Crippen LogP contribution in [0.1, 0.15) is 5.56 Å². The molecule has 1 aromatic carbocycles. The maximum absolute atomic E-state index is 5.77. The number of rotatable bonds is 3. The predicted molar refractivity (Wildman–Crippen MR) is 68.4 cm³/mol. The van der Waals surface area contributed by atoms with E-state index in [9.17, 15) is 0 Å². The van der Waals surface area contributed by atoms with Crippen LogP contribution in [0.4, 0.5) is 0 Å². The lowest BCUT2D eigenvalue weighted by Crippen LogP contribution is -1.96. The van der Waals surface area contributed by atoms with Crippen molar-refractivity contribution in [2.75, 3.05) is 0 Å². The Morgan fingerprint density at radius 2 is 2.17 bits per heavy atom. The Balaban J connectivity index is 1.98. The monoisotopic (exact) mass is 240 g/mol. The van der Waals surface area contributed by atoms with Crippen molar-refractivity contribution in [1.82, 2.24) is 4.98 Å². The summed E-state index contributed by atoms with van der Waals surface area (Å²) >= 11 is 0. The van der Waals surface area contributed by atoms with E-state index >= 15 is 0 Å². The average Bonchev–Trinajstić information content (AvgIpc) is 2.88. The third-order valence-corrected chi connectivity index (χ3v) is 2.69. The molecule has 0 saturated carbocycles. The largest absolute Gasteiger partial charge is 0.464 e. The topological polar surface area (TPSA) is 61.3 Å². The molecule has 0 atom stereocenters. The van der Waals surface area contributed by atoms with Crippen molar-refractivity contribution in [3.05, 3.63) is 54.4 Å². The average molecular weight is 240 g/mol. The fourth-order valence-electron chi connectivity index (χ4n) is 1.80. The molecule has 90 valence electrons. The Hall–Kier alpha value is -2.33. The first-order valence-corrected chi connectivity index (χ1v) is 5.66. The molecule has 4 heteroatoms. The van der Waals surface area contributed by atoms with Crippen molar-refractivity contribution in [1.29, 1.82) is 0 Å². The molecule has 2 N–H and O–H groups in total. The van der Waals surface area contributed by atoms with Gasteiger partial charge in [-0.25, -0.2) is 4.98 Å². The van der Waals surface area contributed by atoms with E-state index < -0.39 is 0 Å². The summed E-state index contributed by atoms with van der Waals surface area (Å²) in [5, 5.41) is 0.857. The number of hydrogen-bond donors (Lipinski definition) is 1. The quantitative estimate of drug-likeness (QED) is 0.764. The van der Waals surface area contributed by atoms with Crippen LogP contribution < -0.4 is 10.5 Å². The number of pyridine rings is 1. The Labute approximate surface area is 104 Å². The summed E-state index contributed by atoms with van der Waals surface area (Å²) in [4.78, 5) is 4.22. The normalized spacial score (nSPS) is 10.7. The number of nitrogens with zero attached hydrogens (tertiary/aromatic N) is 1. The van der Waals surface area contributed by atoms with Gasteiger partial charge in [-0.15, -0.1) is 0 Å². The van der Waals surface area contributed by atoms with Crippen molar-refractivity contribution in [2.24, 2.45) is 5.73 Å². The fraction of sp³-hybridized carbons (Fsp3) is 0.0714. The second kappa shape index (κ2) is 4.50. The zero-order valence-electron chi connectivity index (χ0n) is 9.67. The van der Waals surface area contributed by atoms with Gasteiger partial charge >= 0.3 is 0 Å². The molecule has 0 aliphatic rings. The zero-order valence-corrected chi connectivity index (χ0v) is 9.67. The van der Waals surface area contributed by atoms with E-state index in [1.165, 1.54) is 0 Å². The molecule has 0 saturated heterocycles. The van der Waals surface area contributed by atoms with Gasteiger partial charge in [0.1, 0.15) is 11.3 Å². The van der Waals surface area contributed by atoms with Crippen LogP contribution >= 0.6 is 0 Å². The minimum atomic E-state index is 0.487. The first-order valence-electron chi connectivity index (χ1n) is 5.66. The lowest BCUT2D eigenvalue weighted by molar-refractivity contribution is 0.468. The molecule has 2 heterocycles. The van der Waals surface area contributed by atoms with Crippen LogP contribution in [0.25, 0.3) is 11.0 Å². The molecule has 0 spiro atoms. The zero-order chi connectivity index (χ0) is 12.4. The molecule has 0 unspecified atom stereocenters. The maximum Gasteiger partial charge on any atom is 0.230 e. The van der Waals surface area contributed by atoms with Gasteiger partial charge in [0.2, 0.25) is 5.88 Å². The molecule has 0 aliphatic heterocycles. The fourth-order valence-corrected chi connectivity index (χ4v) is 1.80. The summed E-state index contributed by atoms with van der Waals surface area (Å²) in [5.74, 6) is 1.26. The lowest BCUT2D eigenvalue weighted by atomic mass is 10.2. The van der Waals surface area contributed by atoms with Crippen molar-refractivity contribution in [3.8, 4) is 11.6 Å². The van der Waals surface area contributed by atoms with Gasteiger partial charge in [0.05, 0.1) is 11.6 Å². The minimum absolute atomic E-state index is 0.487. The molecule has 0 aliphatic carbocycles. The van der Waals surface area contributed by atoms with Gasteiger partial charge in [0, 0.05) is 12.7 Å². The molecule has 2 aromatic heterocycles. The summed E-state index contributed by atoms with van der Waals surface area (Å²) < 4.78 is 11.1. The molecule has 4 nitrogen and oxygen atoms in total. The summed E-state index contributed by atoms with van der Waals surface area (Å²) in [6, 6.07) is 11.3. The molecule has 0 fully saturated rings. The number of benzene rings is 1. The summed E-state index contributed by atoms with van der Waals surface area (Å²) in [7, 11) is 0. The number of hydrogen-bond acceptors (Lipinski definition) is 4. The van der Waals surface area contributed by atoms with Gasteiger partial charge in [0.15, 0.2) is 0 Å². The van der Waals surface area contributed by atoms with Gasteiger partial charge in [-0.3, -0.25) is 0 Å². The number of ether oxygens (including phenoxy) is 1. The molecule has 0 bridgehead atoms. The van der Waals surface area contributed by atoms with Crippen molar-refractivity contribution >= 4 is 11.0 Å². The van der Waals surface area contributed by atoms with E-state index in [0.29, 0.717) is 12.4 Å². The van der Waals surface area contributed by atoms with E-state index in [-0.39, 0.29) is 0 Å². The number of furan rings is 1. The highest BCUT2D eigenvalue weighted by molar-refractivity contribution is 5.82. The van der Waals surface area contributed by atoms with Crippen molar-refractivity contribution < 1.29 is 9.15 Å². The molecular weight excluding hydrogens is 228 g/mol. The first-order chi connectivity index (χ1) is 8.86. The molecule has 0 radical (unpaired) electrons. The van der Waals surface area contributed by atoms with Gasteiger partial charge < -0.3 is 14.9 Å². The van der Waals surface area contributed by atoms with Crippen LogP contribution in [0.5, 0.6) is 11.6 Å². The van der Waals surface area contributed by atoms with Crippen molar-refractivity contribution in [3.63, 3.8) is 0 Å². The van der Waals surface area contributed by atoms with Crippen LogP contribution in [-0.2, 0) is 6.54 Å². The SMILES string of the molecule is NCc1cccc(Oc2nccc3occc23)c1. The smallest absolute Gasteiger partial charge is 0.230 e. The van der Waals surface area contributed by atoms with Crippen LogP contribution in [0, 0.1) is 0 Å². The van der Waals surface area contributed by atoms with E-state index in [0.717, 1.165) is 22.3 Å². The van der Waals surface area contributed by atoms with Crippen LogP contribution in [-0.4, -0.2) is 4.98 Å². The standard InChI is InChI=1S/C14H12N2O2/c15-9-10-2-1-3-11(8-10)18-14-12-5-7-17-13(12)4-6-16-14/h1-8H,9,15H2. The molecule has 18 heavy (non-hydrogen) atoms. The second-order valence-corrected chi connectivity index (χ2v) is 3.90. The van der Waals surface area contributed by atoms with E-state index in [1.54, 1.807) is 18.5 Å². The van der Waals surface area contributed by atoms with Gasteiger partial charge in [0.25, 0.3) is 0 Å². The molecule has 3 rings (SSSR count). The van der Waals surface area contributed by atoms with Crippen LogP contribution in [0.3, 0.4) is 0 Å².